The predicted molar refractivity (Wildman–Crippen MR) is 101 cm³/mol. The average Bonchev–Trinajstić information content (AvgIpc) is 2.63. The highest BCUT2D eigenvalue weighted by molar-refractivity contribution is 6.33. The van der Waals surface area contributed by atoms with Gasteiger partial charge in [0, 0.05) is 5.70 Å². The molecule has 8 heteroatoms. The minimum absolute atomic E-state index is 0.113. The molecule has 0 radical (unpaired) electrons. The highest BCUT2D eigenvalue weighted by Crippen LogP contribution is 2.29. The van der Waals surface area contributed by atoms with Crippen LogP contribution in [0.4, 0.5) is 10.5 Å². The second kappa shape index (κ2) is 7.51. The molecule has 4 N–H and O–H groups in total. The molecule has 2 aromatic rings. The molecule has 0 saturated heterocycles. The lowest BCUT2D eigenvalue weighted by atomic mass is 9.94. The second-order valence-electron chi connectivity index (χ2n) is 5.93. The summed E-state index contributed by atoms with van der Waals surface area (Å²) in [6.07, 6.45) is 0. The lowest BCUT2D eigenvalue weighted by Crippen LogP contribution is -2.46. The van der Waals surface area contributed by atoms with E-state index >= 15 is 0 Å². The summed E-state index contributed by atoms with van der Waals surface area (Å²) in [4.78, 5) is 35.8. The van der Waals surface area contributed by atoms with Crippen LogP contribution in [-0.2, 0) is 4.79 Å². The molecule has 3 amide bonds. The van der Waals surface area contributed by atoms with Gasteiger partial charge in [0.2, 0.25) is 0 Å². The first kappa shape index (κ1) is 18.5. The van der Waals surface area contributed by atoms with Gasteiger partial charge in [0.05, 0.1) is 27.9 Å². The van der Waals surface area contributed by atoms with Crippen molar-refractivity contribution >= 4 is 35.2 Å². The molecule has 7 nitrogen and oxygen atoms in total. The molecule has 0 fully saturated rings. The van der Waals surface area contributed by atoms with Gasteiger partial charge in [-0.15, -0.1) is 0 Å². The van der Waals surface area contributed by atoms with Crippen LogP contribution in [0.5, 0.6) is 0 Å². The van der Waals surface area contributed by atoms with Crippen LogP contribution in [0.2, 0.25) is 5.02 Å². The molecular formula is C19H16ClN3O4. The van der Waals surface area contributed by atoms with E-state index in [0.29, 0.717) is 27.5 Å². The number of carboxylic acids is 1. The third kappa shape index (κ3) is 3.93. The molecule has 1 unspecified atom stereocenters. The fourth-order valence-electron chi connectivity index (χ4n) is 2.82. The van der Waals surface area contributed by atoms with E-state index in [4.69, 9.17) is 16.7 Å². The molecule has 0 bridgehead atoms. The minimum atomic E-state index is -1.06. The van der Waals surface area contributed by atoms with Gasteiger partial charge in [-0.05, 0) is 36.8 Å². The summed E-state index contributed by atoms with van der Waals surface area (Å²) in [6.45, 7) is 1.62. The topological polar surface area (TPSA) is 108 Å². The zero-order chi connectivity index (χ0) is 19.6. The van der Waals surface area contributed by atoms with Gasteiger partial charge in [0.1, 0.15) is 0 Å². The van der Waals surface area contributed by atoms with Crippen molar-refractivity contribution in [2.75, 3.05) is 5.32 Å². The Morgan fingerprint density at radius 3 is 2.41 bits per heavy atom. The maximum atomic E-state index is 12.9. The van der Waals surface area contributed by atoms with Crippen LogP contribution in [0.25, 0.3) is 0 Å². The molecule has 0 spiro atoms. The first-order valence-corrected chi connectivity index (χ1v) is 8.42. The third-order valence-electron chi connectivity index (χ3n) is 4.13. The summed E-state index contributed by atoms with van der Waals surface area (Å²) >= 11 is 6.10. The Morgan fingerprint density at radius 2 is 1.78 bits per heavy atom. The molecule has 1 aliphatic heterocycles. The summed E-state index contributed by atoms with van der Waals surface area (Å²) < 4.78 is 0. The Kier molecular flexibility index (Phi) is 5.14. The molecule has 0 aliphatic carbocycles. The number of anilines is 1. The zero-order valence-corrected chi connectivity index (χ0v) is 15.0. The molecule has 1 heterocycles. The number of halogens is 1. The fraction of sp³-hybridized carbons (Fsp3) is 0.105. The minimum Gasteiger partial charge on any atom is -0.478 e. The number of carbonyl (C=O) groups is 3. The van der Waals surface area contributed by atoms with Crippen molar-refractivity contribution in [2.24, 2.45) is 0 Å². The molecule has 3 rings (SSSR count). The maximum Gasteiger partial charge on any atom is 0.335 e. The van der Waals surface area contributed by atoms with Crippen molar-refractivity contribution in [3.63, 3.8) is 0 Å². The highest BCUT2D eigenvalue weighted by Gasteiger charge is 2.31. The molecule has 27 heavy (non-hydrogen) atoms. The molecular weight excluding hydrogens is 370 g/mol. The fourth-order valence-corrected chi connectivity index (χ4v) is 3.00. The van der Waals surface area contributed by atoms with E-state index in [-0.39, 0.29) is 5.56 Å². The smallest absolute Gasteiger partial charge is 0.335 e. The van der Waals surface area contributed by atoms with Gasteiger partial charge < -0.3 is 21.1 Å². The number of rotatable bonds is 4. The summed E-state index contributed by atoms with van der Waals surface area (Å²) in [5.41, 5.74) is 1.84. The molecule has 0 saturated carbocycles. The number of hydrogen-bond donors (Lipinski definition) is 4. The summed E-state index contributed by atoms with van der Waals surface area (Å²) in [6, 6.07) is 11.6. The quantitative estimate of drug-likeness (QED) is 0.647. The third-order valence-corrected chi connectivity index (χ3v) is 4.46. The number of nitrogens with one attached hydrogen (secondary N) is 3. The predicted octanol–water partition coefficient (Wildman–Crippen LogP) is 3.30. The van der Waals surface area contributed by atoms with Gasteiger partial charge in [0.25, 0.3) is 5.91 Å². The first-order valence-electron chi connectivity index (χ1n) is 8.04. The molecule has 138 valence electrons. The average molecular weight is 386 g/mol. The second-order valence-corrected chi connectivity index (χ2v) is 6.34. The highest BCUT2D eigenvalue weighted by atomic mass is 35.5. The van der Waals surface area contributed by atoms with E-state index in [1.807, 2.05) is 0 Å². The van der Waals surface area contributed by atoms with Crippen LogP contribution >= 0.6 is 11.6 Å². The Morgan fingerprint density at radius 1 is 1.11 bits per heavy atom. The van der Waals surface area contributed by atoms with Crippen LogP contribution in [0, 0.1) is 0 Å². The van der Waals surface area contributed by atoms with Crippen molar-refractivity contribution in [3.8, 4) is 0 Å². The van der Waals surface area contributed by atoms with Crippen molar-refractivity contribution in [3.05, 3.63) is 76.0 Å². The number of allylic oxidation sites excluding steroid dienone is 1. The van der Waals surface area contributed by atoms with Crippen LogP contribution in [0.1, 0.15) is 28.9 Å². The monoisotopic (exact) mass is 385 g/mol. The van der Waals surface area contributed by atoms with Gasteiger partial charge >= 0.3 is 12.0 Å². The van der Waals surface area contributed by atoms with Crippen molar-refractivity contribution in [1.29, 1.82) is 0 Å². The molecule has 0 aromatic heterocycles. The van der Waals surface area contributed by atoms with E-state index in [1.54, 1.807) is 43.3 Å². The number of amides is 3. The molecule has 1 atom stereocenters. The Labute approximate surface area is 160 Å². The van der Waals surface area contributed by atoms with Crippen molar-refractivity contribution in [2.45, 2.75) is 13.0 Å². The van der Waals surface area contributed by atoms with Gasteiger partial charge in [-0.25, -0.2) is 9.59 Å². The van der Waals surface area contributed by atoms with Crippen LogP contribution in [0.3, 0.4) is 0 Å². The van der Waals surface area contributed by atoms with E-state index in [1.165, 1.54) is 12.1 Å². The van der Waals surface area contributed by atoms with Gasteiger partial charge in [0.15, 0.2) is 0 Å². The van der Waals surface area contributed by atoms with Crippen LogP contribution in [-0.4, -0.2) is 23.0 Å². The summed E-state index contributed by atoms with van der Waals surface area (Å²) in [5.74, 6) is -1.49. The van der Waals surface area contributed by atoms with E-state index < -0.39 is 23.9 Å². The number of hydrogen-bond acceptors (Lipinski definition) is 3. The van der Waals surface area contributed by atoms with Gasteiger partial charge in [-0.3, -0.25) is 4.79 Å². The van der Waals surface area contributed by atoms with Crippen LogP contribution in [0.15, 0.2) is 59.8 Å². The Hall–Kier alpha value is -3.32. The number of carbonyl (C=O) groups excluding carboxylic acids is 2. The lowest BCUT2D eigenvalue weighted by Gasteiger charge is -2.28. The van der Waals surface area contributed by atoms with E-state index in [0.717, 1.165) is 0 Å². The maximum absolute atomic E-state index is 12.9. The first-order chi connectivity index (χ1) is 12.9. The van der Waals surface area contributed by atoms with Gasteiger partial charge in [-0.2, -0.15) is 0 Å². The SMILES string of the molecule is CC1=C(C(=O)Nc2ccccc2Cl)C(c2ccc(C(=O)O)cc2)NC(=O)N1. The van der Waals surface area contributed by atoms with Gasteiger partial charge in [-0.1, -0.05) is 35.9 Å². The molecule has 1 aliphatic rings. The van der Waals surface area contributed by atoms with Crippen molar-refractivity contribution < 1.29 is 19.5 Å². The van der Waals surface area contributed by atoms with E-state index in [2.05, 4.69) is 16.0 Å². The van der Waals surface area contributed by atoms with Crippen LogP contribution < -0.4 is 16.0 Å². The zero-order valence-electron chi connectivity index (χ0n) is 14.2. The Bertz CT molecular complexity index is 954. The lowest BCUT2D eigenvalue weighted by molar-refractivity contribution is -0.113. The number of aromatic carboxylic acids is 1. The van der Waals surface area contributed by atoms with Crippen molar-refractivity contribution in [1.82, 2.24) is 10.6 Å². The number of carboxylic acid groups (broad SMARTS) is 1. The summed E-state index contributed by atoms with van der Waals surface area (Å²) in [5, 5.41) is 17.4. The largest absolute Gasteiger partial charge is 0.478 e. The normalized spacial score (nSPS) is 16.4. The molecule has 2 aromatic carbocycles. The number of benzene rings is 2. The standard InChI is InChI=1S/C19H16ClN3O4/c1-10-15(17(24)22-14-5-3-2-4-13(14)20)16(23-19(27)21-10)11-6-8-12(9-7-11)18(25)26/h2-9,16H,1H3,(H,22,24)(H,25,26)(H2,21,23,27). The van der Waals surface area contributed by atoms with E-state index in [9.17, 15) is 14.4 Å². The Balaban J connectivity index is 1.95. The number of para-hydroxylation sites is 1. The summed E-state index contributed by atoms with van der Waals surface area (Å²) in [7, 11) is 0. The number of urea groups is 1.